The van der Waals surface area contributed by atoms with Gasteiger partial charge in [0.2, 0.25) is 53.2 Å². The second-order valence-electron chi connectivity index (χ2n) is 11.0. The van der Waals surface area contributed by atoms with Crippen LogP contribution in [0.1, 0.15) is 52.9 Å². The van der Waals surface area contributed by atoms with Crippen LogP contribution in [-0.2, 0) is 47.9 Å². The number of amides is 9. The highest BCUT2D eigenvalue weighted by molar-refractivity contribution is 5.95. The van der Waals surface area contributed by atoms with E-state index in [9.17, 15) is 47.9 Å². The summed E-state index contributed by atoms with van der Waals surface area (Å²) in [7, 11) is 0. The van der Waals surface area contributed by atoms with Gasteiger partial charge in [-0.15, -0.1) is 0 Å². The molecule has 0 saturated heterocycles. The molecule has 0 radical (unpaired) electrons. The van der Waals surface area contributed by atoms with Crippen molar-refractivity contribution >= 4 is 59.1 Å². The fourth-order valence-electron chi connectivity index (χ4n) is 3.71. The summed E-state index contributed by atoms with van der Waals surface area (Å²) in [6, 6.07) is -4.79. The van der Waals surface area contributed by atoms with Crippen molar-refractivity contribution in [1.82, 2.24) is 37.2 Å². The van der Waals surface area contributed by atoms with Crippen molar-refractivity contribution in [2.75, 3.05) is 26.2 Å². The number of aliphatic carboxylic acids is 1. The van der Waals surface area contributed by atoms with Gasteiger partial charge in [-0.3, -0.25) is 43.2 Å². The smallest absolute Gasteiger partial charge is 0.326 e. The molecule has 0 aliphatic carbocycles. The van der Waals surface area contributed by atoms with E-state index in [2.05, 4.69) is 37.2 Å². The summed E-state index contributed by atoms with van der Waals surface area (Å²) in [5, 5.41) is 24.8. The van der Waals surface area contributed by atoms with Crippen molar-refractivity contribution in [3.05, 3.63) is 0 Å². The lowest BCUT2D eigenvalue weighted by Crippen LogP contribution is -2.53. The van der Waals surface area contributed by atoms with Crippen LogP contribution >= 0.6 is 0 Å². The van der Waals surface area contributed by atoms with Crippen LogP contribution in [0.4, 0.5) is 0 Å². The van der Waals surface area contributed by atoms with Gasteiger partial charge in [0.05, 0.1) is 32.2 Å². The first kappa shape index (κ1) is 42.7. The highest BCUT2D eigenvalue weighted by Gasteiger charge is 2.24. The average Bonchev–Trinajstić information content (AvgIpc) is 2.99. The van der Waals surface area contributed by atoms with Crippen LogP contribution in [0.5, 0.6) is 0 Å². The lowest BCUT2D eigenvalue weighted by molar-refractivity contribution is -0.142. The first-order valence-electron chi connectivity index (χ1n) is 14.8. The lowest BCUT2D eigenvalue weighted by atomic mass is 10.0. The minimum atomic E-state index is -1.42. The van der Waals surface area contributed by atoms with Gasteiger partial charge in [0.1, 0.15) is 18.1 Å². The molecule has 0 fully saturated rings. The number of carboxylic acids is 1. The zero-order valence-electron chi connectivity index (χ0n) is 27.0. The molecule has 21 heteroatoms. The largest absolute Gasteiger partial charge is 0.480 e. The molecule has 270 valence electrons. The number of carbonyl (C=O) groups excluding carboxylic acids is 9. The molecule has 0 aromatic heterocycles. The summed E-state index contributed by atoms with van der Waals surface area (Å²) in [6.07, 6.45) is -0.721. The van der Waals surface area contributed by atoms with Gasteiger partial charge in [0, 0.05) is 12.8 Å². The number of nitrogens with two attached hydrogens (primary N) is 3. The molecule has 0 heterocycles. The molecule has 4 atom stereocenters. The van der Waals surface area contributed by atoms with Crippen molar-refractivity contribution < 1.29 is 53.1 Å². The van der Waals surface area contributed by atoms with Gasteiger partial charge >= 0.3 is 5.97 Å². The molecule has 14 N–H and O–H groups in total. The third-order valence-corrected chi connectivity index (χ3v) is 6.19. The average molecular weight is 687 g/mol. The number of carbonyl (C=O) groups is 10. The van der Waals surface area contributed by atoms with Gasteiger partial charge in [-0.2, -0.15) is 0 Å². The van der Waals surface area contributed by atoms with E-state index >= 15 is 0 Å². The Morgan fingerprint density at radius 1 is 0.562 bits per heavy atom. The highest BCUT2D eigenvalue weighted by Crippen LogP contribution is 2.02. The molecule has 9 amide bonds. The second kappa shape index (κ2) is 22.2. The number of hydrogen-bond donors (Lipinski definition) is 11. The third-order valence-electron chi connectivity index (χ3n) is 6.19. The Kier molecular flexibility index (Phi) is 19.8. The monoisotopic (exact) mass is 686 g/mol. The van der Waals surface area contributed by atoms with Gasteiger partial charge < -0.3 is 59.5 Å². The number of rotatable bonds is 23. The number of nitrogens with one attached hydrogen (secondary N) is 7. The summed E-state index contributed by atoms with van der Waals surface area (Å²) >= 11 is 0. The van der Waals surface area contributed by atoms with E-state index in [1.165, 1.54) is 6.92 Å². The van der Waals surface area contributed by atoms with Crippen molar-refractivity contribution in [3.63, 3.8) is 0 Å². The van der Waals surface area contributed by atoms with E-state index < -0.39 is 109 Å². The molecule has 0 aromatic carbocycles. The van der Waals surface area contributed by atoms with E-state index in [1.54, 1.807) is 0 Å². The van der Waals surface area contributed by atoms with Gasteiger partial charge in [-0.05, 0) is 32.1 Å². The lowest BCUT2D eigenvalue weighted by Gasteiger charge is -2.19. The molecule has 48 heavy (non-hydrogen) atoms. The zero-order chi connectivity index (χ0) is 37.0. The topological polar surface area (TPSA) is 353 Å². The Hall–Kier alpha value is -5.34. The van der Waals surface area contributed by atoms with Gasteiger partial charge in [0.15, 0.2) is 0 Å². The molecule has 0 saturated carbocycles. The zero-order valence-corrected chi connectivity index (χ0v) is 27.0. The minimum Gasteiger partial charge on any atom is -0.480 e. The SMILES string of the molecule is CC(C)C[C@H](N)C(=O)NCC(=O)NCC(=O)N[C@@H](CCC(N)=O)C(=O)NCC(=O)N[C@@H](C)C(=O)NCC(=O)N[C@@H](CCC(N)=O)C(=O)O. The first-order chi connectivity index (χ1) is 22.3. The predicted octanol–water partition coefficient (Wildman–Crippen LogP) is -6.09. The van der Waals surface area contributed by atoms with Crippen LogP contribution in [0.15, 0.2) is 0 Å². The van der Waals surface area contributed by atoms with E-state index in [1.807, 2.05) is 13.8 Å². The number of primary amides is 2. The van der Waals surface area contributed by atoms with E-state index in [4.69, 9.17) is 22.3 Å². The van der Waals surface area contributed by atoms with E-state index in [0.717, 1.165) is 0 Å². The molecule has 21 nitrogen and oxygen atoms in total. The molecule has 0 spiro atoms. The van der Waals surface area contributed by atoms with E-state index in [0.29, 0.717) is 6.42 Å². The van der Waals surface area contributed by atoms with Gasteiger partial charge in [-0.1, -0.05) is 13.8 Å². The maximum atomic E-state index is 12.7. The fourth-order valence-corrected chi connectivity index (χ4v) is 3.71. The normalized spacial score (nSPS) is 13.0. The Balaban J connectivity index is 4.81. The molecule has 0 aliphatic rings. The second-order valence-corrected chi connectivity index (χ2v) is 11.0. The van der Waals surface area contributed by atoms with Crippen LogP contribution in [0.25, 0.3) is 0 Å². The standard InChI is InChI=1S/C27H46N10O11/c1-13(2)8-15(28)25(45)33-9-20(40)31-10-22(42)36-16(4-6-18(29)38)26(46)34-11-21(41)35-14(3)24(44)32-12-23(43)37-17(27(47)48)5-7-19(30)39/h13-17H,4-12,28H2,1-3H3,(H2,29,38)(H2,30,39)(H,31,40)(H,32,44)(H,33,45)(H,34,46)(H,35,41)(H,36,42)(H,37,43)(H,47,48)/t14-,15-,16-,17-/m0/s1. The molecular formula is C27H46N10O11. The molecule has 0 aromatic rings. The first-order valence-corrected chi connectivity index (χ1v) is 14.8. The van der Waals surface area contributed by atoms with Crippen molar-refractivity contribution in [1.29, 1.82) is 0 Å². The van der Waals surface area contributed by atoms with Crippen LogP contribution in [0.3, 0.4) is 0 Å². The minimum absolute atomic E-state index is 0.158. The Morgan fingerprint density at radius 2 is 0.979 bits per heavy atom. The highest BCUT2D eigenvalue weighted by atomic mass is 16.4. The van der Waals surface area contributed by atoms with Crippen molar-refractivity contribution in [2.45, 2.75) is 77.0 Å². The predicted molar refractivity (Wildman–Crippen MR) is 165 cm³/mol. The number of carboxylic acid groups (broad SMARTS) is 1. The fraction of sp³-hybridized carbons (Fsp3) is 0.630. The Morgan fingerprint density at radius 3 is 1.48 bits per heavy atom. The van der Waals surface area contributed by atoms with Crippen molar-refractivity contribution in [3.8, 4) is 0 Å². The molecule has 0 bridgehead atoms. The van der Waals surface area contributed by atoms with Crippen LogP contribution < -0.4 is 54.4 Å². The summed E-state index contributed by atoms with van der Waals surface area (Å²) in [5.41, 5.74) is 15.8. The molecule has 0 rings (SSSR count). The molecular weight excluding hydrogens is 640 g/mol. The van der Waals surface area contributed by atoms with Gasteiger partial charge in [-0.25, -0.2) is 4.79 Å². The molecule has 0 aliphatic heterocycles. The van der Waals surface area contributed by atoms with Crippen LogP contribution in [0, 0.1) is 5.92 Å². The summed E-state index contributed by atoms with van der Waals surface area (Å²) < 4.78 is 0. The van der Waals surface area contributed by atoms with Gasteiger partial charge in [0.25, 0.3) is 0 Å². The Bertz CT molecular complexity index is 1210. The maximum absolute atomic E-state index is 12.7. The summed E-state index contributed by atoms with van der Waals surface area (Å²) in [6.45, 7) is 2.64. The quantitative estimate of drug-likeness (QED) is 0.0478. The van der Waals surface area contributed by atoms with Crippen LogP contribution in [0.2, 0.25) is 0 Å². The number of hydrogen-bond acceptors (Lipinski definition) is 11. The van der Waals surface area contributed by atoms with Crippen molar-refractivity contribution in [2.24, 2.45) is 23.1 Å². The van der Waals surface area contributed by atoms with E-state index in [-0.39, 0.29) is 31.6 Å². The Labute approximate surface area is 276 Å². The maximum Gasteiger partial charge on any atom is 0.326 e. The molecule has 0 unspecified atom stereocenters. The van der Waals surface area contributed by atoms with Crippen LogP contribution in [-0.4, -0.2) is 115 Å². The summed E-state index contributed by atoms with van der Waals surface area (Å²) in [5.74, 6) is -8.36. The summed E-state index contributed by atoms with van der Waals surface area (Å²) in [4.78, 5) is 119. The third kappa shape index (κ3) is 19.9.